The number of rotatable bonds is 5. The van der Waals surface area contributed by atoms with Gasteiger partial charge in [0, 0.05) is 23.3 Å². The lowest BCUT2D eigenvalue weighted by Gasteiger charge is -2.06. The van der Waals surface area contributed by atoms with Crippen LogP contribution < -0.4 is 9.88 Å². The molecule has 130 valence electrons. The summed E-state index contributed by atoms with van der Waals surface area (Å²) < 4.78 is 1.68. The average Bonchev–Trinajstić information content (AvgIpc) is 2.66. The maximum atomic E-state index is 12.4. The topological polar surface area (TPSA) is 50.0 Å². The van der Waals surface area contributed by atoms with Crippen molar-refractivity contribution in [2.24, 2.45) is 0 Å². The number of nitrogens with one attached hydrogen (secondary N) is 1. The molecule has 26 heavy (non-hydrogen) atoms. The molecule has 0 aliphatic rings. The number of hydrogen-bond acceptors (Lipinski definition) is 2. The van der Waals surface area contributed by atoms with Gasteiger partial charge in [0.1, 0.15) is 0 Å². The Morgan fingerprint density at radius 2 is 1.50 bits per heavy atom. The molecule has 0 saturated heterocycles. The highest BCUT2D eigenvalue weighted by molar-refractivity contribution is 6.43. The van der Waals surface area contributed by atoms with Gasteiger partial charge in [-0.1, -0.05) is 59.6 Å². The number of anilines is 1. The van der Waals surface area contributed by atoms with Crippen molar-refractivity contribution >= 4 is 40.6 Å². The van der Waals surface area contributed by atoms with Gasteiger partial charge in [0.2, 0.25) is 6.54 Å². The summed E-state index contributed by atoms with van der Waals surface area (Å²) in [5, 5.41) is 3.40. The molecule has 4 nitrogen and oxygen atoms in total. The van der Waals surface area contributed by atoms with Crippen LogP contribution in [0.25, 0.3) is 0 Å². The SMILES string of the molecule is O=C(C[n+]1ccc(C(=O)c2ccccc2)cc1)Nc1cccc(Cl)c1Cl. The van der Waals surface area contributed by atoms with Gasteiger partial charge >= 0.3 is 0 Å². The van der Waals surface area contributed by atoms with E-state index in [0.717, 1.165) is 0 Å². The molecule has 2 aromatic carbocycles. The third-order valence-electron chi connectivity index (χ3n) is 3.74. The van der Waals surface area contributed by atoms with Gasteiger partial charge in [-0.3, -0.25) is 9.59 Å². The van der Waals surface area contributed by atoms with E-state index in [2.05, 4.69) is 5.32 Å². The summed E-state index contributed by atoms with van der Waals surface area (Å²) in [6, 6.07) is 17.5. The van der Waals surface area contributed by atoms with Gasteiger partial charge in [-0.15, -0.1) is 0 Å². The number of carbonyl (C=O) groups excluding carboxylic acids is 2. The molecule has 0 fully saturated rings. The number of halogens is 2. The van der Waals surface area contributed by atoms with Crippen LogP contribution in [-0.2, 0) is 11.3 Å². The van der Waals surface area contributed by atoms with Crippen LogP contribution in [0, 0.1) is 0 Å². The van der Waals surface area contributed by atoms with Crippen LogP contribution >= 0.6 is 23.2 Å². The van der Waals surface area contributed by atoms with Crippen molar-refractivity contribution in [1.82, 2.24) is 0 Å². The fourth-order valence-corrected chi connectivity index (χ4v) is 2.77. The zero-order chi connectivity index (χ0) is 18.5. The number of amides is 1. The molecule has 6 heteroatoms. The largest absolute Gasteiger partial charge is 0.319 e. The zero-order valence-electron chi connectivity index (χ0n) is 13.7. The quantitative estimate of drug-likeness (QED) is 0.529. The molecule has 0 aliphatic carbocycles. The molecule has 0 radical (unpaired) electrons. The first kappa shape index (κ1) is 18.1. The van der Waals surface area contributed by atoms with E-state index in [4.69, 9.17) is 23.2 Å². The molecule has 0 aliphatic heterocycles. The van der Waals surface area contributed by atoms with Gasteiger partial charge in [-0.25, -0.2) is 0 Å². The van der Waals surface area contributed by atoms with E-state index in [1.54, 1.807) is 59.4 Å². The molecule has 3 rings (SSSR count). The van der Waals surface area contributed by atoms with Crippen LogP contribution in [0.3, 0.4) is 0 Å². The van der Waals surface area contributed by atoms with E-state index in [1.165, 1.54) is 0 Å². The molecule has 1 N–H and O–H groups in total. The maximum absolute atomic E-state index is 12.4. The van der Waals surface area contributed by atoms with Crippen LogP contribution in [0.5, 0.6) is 0 Å². The third kappa shape index (κ3) is 4.28. The highest BCUT2D eigenvalue weighted by Gasteiger charge is 2.14. The fourth-order valence-electron chi connectivity index (χ4n) is 2.43. The van der Waals surface area contributed by atoms with Crippen molar-refractivity contribution in [3.05, 3.63) is 94.2 Å². The summed E-state index contributed by atoms with van der Waals surface area (Å²) in [6.45, 7) is 0.0860. The molecule has 0 saturated carbocycles. The standard InChI is InChI=1S/C20H14Cl2N2O2/c21-16-7-4-8-17(19(16)22)23-18(25)13-24-11-9-15(10-12-24)20(26)14-5-2-1-3-6-14/h1-12H,13H2/p+1. The Morgan fingerprint density at radius 3 is 2.19 bits per heavy atom. The Morgan fingerprint density at radius 1 is 0.846 bits per heavy atom. The summed E-state index contributed by atoms with van der Waals surface area (Å²) in [6.07, 6.45) is 3.38. The summed E-state index contributed by atoms with van der Waals surface area (Å²) in [7, 11) is 0. The molecule has 0 spiro atoms. The molecule has 3 aromatic rings. The first-order valence-corrected chi connectivity index (χ1v) is 8.63. The second-order valence-corrected chi connectivity index (χ2v) is 6.39. The van der Waals surface area contributed by atoms with Gasteiger partial charge in [-0.2, -0.15) is 4.57 Å². The molecular weight excluding hydrogens is 371 g/mol. The van der Waals surface area contributed by atoms with Crippen molar-refractivity contribution in [1.29, 1.82) is 0 Å². The Balaban J connectivity index is 1.66. The summed E-state index contributed by atoms with van der Waals surface area (Å²) in [5.41, 5.74) is 1.64. The van der Waals surface area contributed by atoms with Gasteiger partial charge < -0.3 is 5.32 Å². The van der Waals surface area contributed by atoms with E-state index in [0.29, 0.717) is 26.9 Å². The van der Waals surface area contributed by atoms with E-state index in [1.807, 2.05) is 18.2 Å². The molecule has 1 heterocycles. The third-order valence-corrected chi connectivity index (χ3v) is 4.56. The molecule has 0 unspecified atom stereocenters. The van der Waals surface area contributed by atoms with Crippen molar-refractivity contribution < 1.29 is 14.2 Å². The van der Waals surface area contributed by atoms with Crippen molar-refractivity contribution in [3.8, 4) is 0 Å². The van der Waals surface area contributed by atoms with Gasteiger partial charge in [0.15, 0.2) is 18.2 Å². The Kier molecular flexibility index (Phi) is 5.66. The van der Waals surface area contributed by atoms with Crippen LogP contribution in [0.1, 0.15) is 15.9 Å². The Labute approximate surface area is 161 Å². The van der Waals surface area contributed by atoms with Crippen LogP contribution in [0.4, 0.5) is 5.69 Å². The van der Waals surface area contributed by atoms with E-state index in [-0.39, 0.29) is 18.2 Å². The molecule has 0 atom stereocenters. The maximum Gasteiger partial charge on any atom is 0.290 e. The highest BCUT2D eigenvalue weighted by atomic mass is 35.5. The lowest BCUT2D eigenvalue weighted by molar-refractivity contribution is -0.684. The number of pyridine rings is 1. The van der Waals surface area contributed by atoms with Crippen molar-refractivity contribution in [2.75, 3.05) is 5.32 Å². The lowest BCUT2D eigenvalue weighted by atomic mass is 10.0. The number of carbonyl (C=O) groups is 2. The number of hydrogen-bond donors (Lipinski definition) is 1. The van der Waals surface area contributed by atoms with Crippen molar-refractivity contribution in [3.63, 3.8) is 0 Å². The highest BCUT2D eigenvalue weighted by Crippen LogP contribution is 2.29. The van der Waals surface area contributed by atoms with Crippen LogP contribution in [0.15, 0.2) is 73.1 Å². The molecule has 1 aromatic heterocycles. The second kappa shape index (κ2) is 8.13. The smallest absolute Gasteiger partial charge is 0.290 e. The fraction of sp³-hybridized carbons (Fsp3) is 0.0500. The average molecular weight is 386 g/mol. The Bertz CT molecular complexity index is 942. The van der Waals surface area contributed by atoms with E-state index in [9.17, 15) is 9.59 Å². The summed E-state index contributed by atoms with van der Waals surface area (Å²) in [4.78, 5) is 24.6. The summed E-state index contributed by atoms with van der Waals surface area (Å²) >= 11 is 12.0. The van der Waals surface area contributed by atoms with Crippen LogP contribution in [0.2, 0.25) is 10.0 Å². The number of aromatic nitrogens is 1. The minimum atomic E-state index is -0.249. The zero-order valence-corrected chi connectivity index (χ0v) is 15.2. The number of nitrogens with zero attached hydrogens (tertiary/aromatic N) is 1. The lowest BCUT2D eigenvalue weighted by Crippen LogP contribution is -2.39. The minimum Gasteiger partial charge on any atom is -0.319 e. The normalized spacial score (nSPS) is 10.4. The predicted molar refractivity (Wildman–Crippen MR) is 102 cm³/mol. The first-order chi connectivity index (χ1) is 12.5. The molecule has 0 bridgehead atoms. The first-order valence-electron chi connectivity index (χ1n) is 7.87. The second-order valence-electron chi connectivity index (χ2n) is 5.60. The van der Waals surface area contributed by atoms with E-state index < -0.39 is 0 Å². The predicted octanol–water partition coefficient (Wildman–Crippen LogP) is 4.15. The van der Waals surface area contributed by atoms with Gasteiger partial charge in [0.25, 0.3) is 5.91 Å². The van der Waals surface area contributed by atoms with Gasteiger partial charge in [-0.05, 0) is 12.1 Å². The van der Waals surface area contributed by atoms with E-state index >= 15 is 0 Å². The molecule has 1 amide bonds. The monoisotopic (exact) mass is 385 g/mol. The van der Waals surface area contributed by atoms with Gasteiger partial charge in [0.05, 0.1) is 15.7 Å². The summed E-state index contributed by atoms with van der Waals surface area (Å²) in [5.74, 6) is -0.311. The minimum absolute atomic E-state index is 0.0621. The van der Waals surface area contributed by atoms with Crippen LogP contribution in [-0.4, -0.2) is 11.7 Å². The van der Waals surface area contributed by atoms with Crippen molar-refractivity contribution in [2.45, 2.75) is 6.54 Å². The molecular formula is C20H15Cl2N2O2+. The number of benzene rings is 2. The number of ketones is 1. The Hall–Kier alpha value is -2.69.